The van der Waals surface area contributed by atoms with Gasteiger partial charge in [-0.1, -0.05) is 19.8 Å². The summed E-state index contributed by atoms with van der Waals surface area (Å²) in [6.07, 6.45) is 2.88. The Bertz CT molecular complexity index is 479. The molecule has 0 bridgehead atoms. The van der Waals surface area contributed by atoms with Crippen molar-refractivity contribution in [2.24, 2.45) is 7.05 Å². The second-order valence-electron chi connectivity index (χ2n) is 4.03. The van der Waals surface area contributed by atoms with Crippen LogP contribution in [0.4, 0.5) is 5.82 Å². The number of anilines is 1. The van der Waals surface area contributed by atoms with E-state index in [1.807, 2.05) is 0 Å². The maximum absolute atomic E-state index is 12.0. The Morgan fingerprint density at radius 2 is 2.06 bits per heavy atom. The molecule has 0 saturated carbocycles. The van der Waals surface area contributed by atoms with E-state index >= 15 is 0 Å². The number of nitrogen functional groups attached to an aromatic ring is 1. The van der Waals surface area contributed by atoms with E-state index in [-0.39, 0.29) is 10.7 Å². The first-order valence-electron chi connectivity index (χ1n) is 5.69. The smallest absolute Gasteiger partial charge is 0.246 e. The summed E-state index contributed by atoms with van der Waals surface area (Å²) in [4.78, 5) is 0.0940. The standard InChI is InChI=1S/C10H20N4O2S/c1-4-5-6-7-12-17(15,16)9-8(2)14(3)13-10(9)11/h12H,4-7H2,1-3H3,(H2,11,13). The second-order valence-corrected chi connectivity index (χ2v) is 5.73. The first-order chi connectivity index (χ1) is 7.90. The van der Waals surface area contributed by atoms with Crippen LogP contribution in [-0.4, -0.2) is 24.7 Å². The number of aryl methyl sites for hydroxylation is 1. The van der Waals surface area contributed by atoms with Crippen LogP contribution in [0.1, 0.15) is 31.9 Å². The lowest BCUT2D eigenvalue weighted by Crippen LogP contribution is -2.26. The van der Waals surface area contributed by atoms with Gasteiger partial charge in [-0.05, 0) is 13.3 Å². The van der Waals surface area contributed by atoms with Crippen LogP contribution in [0.25, 0.3) is 0 Å². The predicted molar refractivity (Wildman–Crippen MR) is 67.1 cm³/mol. The highest BCUT2D eigenvalue weighted by Gasteiger charge is 2.23. The van der Waals surface area contributed by atoms with E-state index in [9.17, 15) is 8.42 Å². The molecule has 0 saturated heterocycles. The summed E-state index contributed by atoms with van der Waals surface area (Å²) in [5.74, 6) is 0.0491. The van der Waals surface area contributed by atoms with Crippen molar-refractivity contribution in [3.8, 4) is 0 Å². The van der Waals surface area contributed by atoms with Gasteiger partial charge >= 0.3 is 0 Å². The minimum absolute atomic E-state index is 0.0491. The first kappa shape index (κ1) is 14.0. The highest BCUT2D eigenvalue weighted by molar-refractivity contribution is 7.89. The van der Waals surface area contributed by atoms with Crippen molar-refractivity contribution in [1.82, 2.24) is 14.5 Å². The molecule has 7 heteroatoms. The van der Waals surface area contributed by atoms with E-state index in [0.717, 1.165) is 19.3 Å². The summed E-state index contributed by atoms with van der Waals surface area (Å²) >= 11 is 0. The van der Waals surface area contributed by atoms with Crippen LogP contribution >= 0.6 is 0 Å². The monoisotopic (exact) mass is 260 g/mol. The number of unbranched alkanes of at least 4 members (excludes halogenated alkanes) is 2. The van der Waals surface area contributed by atoms with Crippen molar-refractivity contribution >= 4 is 15.8 Å². The lowest BCUT2D eigenvalue weighted by Gasteiger charge is -2.06. The second kappa shape index (κ2) is 5.50. The quantitative estimate of drug-likeness (QED) is 0.740. The number of hydrogen-bond acceptors (Lipinski definition) is 4. The molecule has 1 rings (SSSR count). The molecule has 0 spiro atoms. The average molecular weight is 260 g/mol. The third kappa shape index (κ3) is 3.19. The summed E-state index contributed by atoms with van der Waals surface area (Å²) in [5, 5.41) is 3.90. The largest absolute Gasteiger partial charge is 0.381 e. The Morgan fingerprint density at radius 1 is 1.41 bits per heavy atom. The lowest BCUT2D eigenvalue weighted by atomic mass is 10.3. The normalized spacial score (nSPS) is 11.9. The number of aromatic nitrogens is 2. The fraction of sp³-hybridized carbons (Fsp3) is 0.700. The molecule has 0 radical (unpaired) electrons. The molecule has 0 fully saturated rings. The van der Waals surface area contributed by atoms with Gasteiger partial charge in [0.2, 0.25) is 10.0 Å². The van der Waals surface area contributed by atoms with E-state index < -0.39 is 10.0 Å². The Labute approximate surface area is 102 Å². The summed E-state index contributed by atoms with van der Waals surface area (Å²) in [6, 6.07) is 0. The Hall–Kier alpha value is -1.08. The topological polar surface area (TPSA) is 90.0 Å². The fourth-order valence-electron chi connectivity index (χ4n) is 1.60. The van der Waals surface area contributed by atoms with E-state index in [1.165, 1.54) is 4.68 Å². The van der Waals surface area contributed by atoms with Crippen molar-refractivity contribution in [3.05, 3.63) is 5.69 Å². The van der Waals surface area contributed by atoms with Crippen LogP contribution in [0.5, 0.6) is 0 Å². The Kier molecular flexibility index (Phi) is 4.53. The molecule has 1 aromatic heterocycles. The van der Waals surface area contributed by atoms with Gasteiger partial charge in [0.15, 0.2) is 5.82 Å². The van der Waals surface area contributed by atoms with E-state index in [0.29, 0.717) is 12.2 Å². The van der Waals surface area contributed by atoms with Gasteiger partial charge in [0.25, 0.3) is 0 Å². The fourth-order valence-corrected chi connectivity index (χ4v) is 2.99. The zero-order chi connectivity index (χ0) is 13.1. The highest BCUT2D eigenvalue weighted by atomic mass is 32.2. The molecule has 0 aliphatic carbocycles. The van der Waals surface area contributed by atoms with Gasteiger partial charge in [0.1, 0.15) is 4.90 Å². The molecule has 17 heavy (non-hydrogen) atoms. The zero-order valence-electron chi connectivity index (χ0n) is 10.5. The molecule has 98 valence electrons. The molecule has 0 atom stereocenters. The Morgan fingerprint density at radius 3 is 2.53 bits per heavy atom. The van der Waals surface area contributed by atoms with Crippen molar-refractivity contribution in [2.75, 3.05) is 12.3 Å². The van der Waals surface area contributed by atoms with Gasteiger partial charge in [0, 0.05) is 13.6 Å². The number of hydrogen-bond donors (Lipinski definition) is 2. The van der Waals surface area contributed by atoms with Gasteiger partial charge in [-0.15, -0.1) is 0 Å². The van der Waals surface area contributed by atoms with Crippen molar-refractivity contribution in [3.63, 3.8) is 0 Å². The van der Waals surface area contributed by atoms with Crippen molar-refractivity contribution < 1.29 is 8.42 Å². The number of sulfonamides is 1. The van der Waals surface area contributed by atoms with Gasteiger partial charge in [-0.3, -0.25) is 4.68 Å². The molecular formula is C10H20N4O2S. The van der Waals surface area contributed by atoms with Crippen LogP contribution in [-0.2, 0) is 17.1 Å². The molecule has 6 nitrogen and oxygen atoms in total. The summed E-state index contributed by atoms with van der Waals surface area (Å²) in [5.41, 5.74) is 6.15. The molecule has 0 aromatic carbocycles. The maximum Gasteiger partial charge on any atom is 0.246 e. The number of rotatable bonds is 6. The van der Waals surface area contributed by atoms with Crippen LogP contribution in [0.15, 0.2) is 4.90 Å². The molecule has 0 unspecified atom stereocenters. The van der Waals surface area contributed by atoms with Gasteiger partial charge in [-0.25, -0.2) is 13.1 Å². The average Bonchev–Trinajstić information content (AvgIpc) is 2.48. The van der Waals surface area contributed by atoms with Crippen LogP contribution < -0.4 is 10.5 Å². The molecule has 3 N–H and O–H groups in total. The molecule has 0 aliphatic heterocycles. The molecule has 1 aromatic rings. The van der Waals surface area contributed by atoms with E-state index in [4.69, 9.17) is 5.73 Å². The zero-order valence-corrected chi connectivity index (χ0v) is 11.3. The third-order valence-electron chi connectivity index (χ3n) is 2.65. The predicted octanol–water partition coefficient (Wildman–Crippen LogP) is 0.779. The Balaban J connectivity index is 2.83. The molecule has 0 aliphatic rings. The minimum Gasteiger partial charge on any atom is -0.381 e. The molecular weight excluding hydrogens is 240 g/mol. The summed E-state index contributed by atoms with van der Waals surface area (Å²) < 4.78 is 28.0. The maximum atomic E-state index is 12.0. The summed E-state index contributed by atoms with van der Waals surface area (Å²) in [7, 11) is -1.87. The van der Waals surface area contributed by atoms with Crippen LogP contribution in [0.2, 0.25) is 0 Å². The minimum atomic E-state index is -3.54. The van der Waals surface area contributed by atoms with Gasteiger partial charge in [0.05, 0.1) is 5.69 Å². The number of nitrogens with one attached hydrogen (secondary N) is 1. The molecule has 1 heterocycles. The van der Waals surface area contributed by atoms with Crippen LogP contribution in [0, 0.1) is 6.92 Å². The van der Waals surface area contributed by atoms with Gasteiger partial charge < -0.3 is 5.73 Å². The lowest BCUT2D eigenvalue weighted by molar-refractivity contribution is 0.575. The third-order valence-corrected chi connectivity index (χ3v) is 4.27. The highest BCUT2D eigenvalue weighted by Crippen LogP contribution is 2.20. The van der Waals surface area contributed by atoms with Crippen molar-refractivity contribution in [1.29, 1.82) is 0 Å². The summed E-state index contributed by atoms with van der Waals surface area (Å²) in [6.45, 7) is 4.19. The van der Waals surface area contributed by atoms with E-state index in [1.54, 1.807) is 14.0 Å². The SMILES string of the molecule is CCCCCNS(=O)(=O)c1c(N)nn(C)c1C. The van der Waals surface area contributed by atoms with E-state index in [2.05, 4.69) is 16.7 Å². The number of nitrogens with zero attached hydrogens (tertiary/aromatic N) is 2. The van der Waals surface area contributed by atoms with Gasteiger partial charge in [-0.2, -0.15) is 5.10 Å². The first-order valence-corrected chi connectivity index (χ1v) is 7.17. The molecule has 0 amide bonds. The number of nitrogens with two attached hydrogens (primary N) is 1. The van der Waals surface area contributed by atoms with Crippen LogP contribution in [0.3, 0.4) is 0 Å². The van der Waals surface area contributed by atoms with Crippen molar-refractivity contribution in [2.45, 2.75) is 38.0 Å².